The fourth-order valence-corrected chi connectivity index (χ4v) is 1.81. The third kappa shape index (κ3) is 3.09. The van der Waals surface area contributed by atoms with E-state index in [1.54, 1.807) is 14.0 Å². The molecule has 0 fully saturated rings. The Kier molecular flexibility index (Phi) is 5.82. The van der Waals surface area contributed by atoms with E-state index in [-0.39, 0.29) is 12.6 Å². The van der Waals surface area contributed by atoms with E-state index in [1.807, 2.05) is 37.3 Å². The Morgan fingerprint density at radius 3 is 2.39 bits per heavy atom. The third-order valence-electron chi connectivity index (χ3n) is 2.84. The lowest BCUT2D eigenvalue weighted by Gasteiger charge is -2.31. The molecular weight excluding hydrogens is 230 g/mol. The second-order valence-corrected chi connectivity index (χ2v) is 3.88. The van der Waals surface area contributed by atoms with Crippen LogP contribution >= 0.6 is 0 Å². The highest BCUT2D eigenvalue weighted by Crippen LogP contribution is 2.23. The van der Waals surface area contributed by atoms with Crippen molar-refractivity contribution in [1.29, 1.82) is 0 Å². The first kappa shape index (κ1) is 14.7. The normalized spacial score (nSPS) is 13.9. The van der Waals surface area contributed by atoms with Crippen LogP contribution in [0.15, 0.2) is 30.3 Å². The summed E-state index contributed by atoms with van der Waals surface area (Å²) in [6.07, 6.45) is 0. The Morgan fingerprint density at radius 1 is 1.22 bits per heavy atom. The van der Waals surface area contributed by atoms with E-state index < -0.39 is 5.54 Å². The summed E-state index contributed by atoms with van der Waals surface area (Å²) in [7, 11) is 1.74. The van der Waals surface area contributed by atoms with Crippen LogP contribution in [0.1, 0.15) is 19.4 Å². The predicted octanol–water partition coefficient (Wildman–Crippen LogP) is 1.70. The number of carbonyl (C=O) groups is 1. The van der Waals surface area contributed by atoms with Crippen molar-refractivity contribution in [2.45, 2.75) is 19.4 Å². The Balaban J connectivity index is 3.09. The summed E-state index contributed by atoms with van der Waals surface area (Å²) in [5.41, 5.74) is -0.0906. The van der Waals surface area contributed by atoms with Crippen LogP contribution in [0.2, 0.25) is 0 Å². The van der Waals surface area contributed by atoms with Crippen molar-refractivity contribution >= 4 is 5.97 Å². The van der Waals surface area contributed by atoms with Gasteiger partial charge in [0.05, 0.1) is 13.2 Å². The van der Waals surface area contributed by atoms with Gasteiger partial charge in [0.15, 0.2) is 5.54 Å². The van der Waals surface area contributed by atoms with Crippen molar-refractivity contribution in [3.63, 3.8) is 0 Å². The van der Waals surface area contributed by atoms with E-state index in [4.69, 9.17) is 9.47 Å². The van der Waals surface area contributed by atoms with E-state index in [2.05, 4.69) is 5.32 Å². The molecule has 0 aliphatic carbocycles. The lowest BCUT2D eigenvalue weighted by Crippen LogP contribution is -2.52. The Labute approximate surface area is 108 Å². The highest BCUT2D eigenvalue weighted by molar-refractivity contribution is 5.83. The van der Waals surface area contributed by atoms with Crippen molar-refractivity contribution in [1.82, 2.24) is 5.32 Å². The zero-order valence-corrected chi connectivity index (χ0v) is 11.2. The number of nitrogens with one attached hydrogen (secondary N) is 1. The average molecular weight is 251 g/mol. The summed E-state index contributed by atoms with van der Waals surface area (Å²) < 4.78 is 10.6. The number of benzene rings is 1. The number of carbonyl (C=O) groups excluding carboxylic acids is 1. The lowest BCUT2D eigenvalue weighted by molar-refractivity contribution is -0.154. The maximum absolute atomic E-state index is 12.2. The summed E-state index contributed by atoms with van der Waals surface area (Å²) >= 11 is 0. The molecule has 0 heterocycles. The van der Waals surface area contributed by atoms with Crippen LogP contribution in [0, 0.1) is 0 Å². The molecule has 0 spiro atoms. The first-order chi connectivity index (χ1) is 8.71. The van der Waals surface area contributed by atoms with Gasteiger partial charge in [-0.2, -0.15) is 0 Å². The van der Waals surface area contributed by atoms with Gasteiger partial charge in [-0.1, -0.05) is 30.3 Å². The molecule has 1 aromatic carbocycles. The van der Waals surface area contributed by atoms with Crippen molar-refractivity contribution in [3.05, 3.63) is 35.9 Å². The molecule has 1 aromatic rings. The van der Waals surface area contributed by atoms with E-state index in [0.29, 0.717) is 13.2 Å². The van der Waals surface area contributed by atoms with Gasteiger partial charge in [0.1, 0.15) is 0 Å². The van der Waals surface area contributed by atoms with Crippen molar-refractivity contribution in [3.8, 4) is 0 Å². The molecule has 1 unspecified atom stereocenters. The molecule has 1 atom stereocenters. The predicted molar refractivity (Wildman–Crippen MR) is 70.3 cm³/mol. The molecule has 4 nitrogen and oxygen atoms in total. The quantitative estimate of drug-likeness (QED) is 0.749. The number of rotatable bonds is 7. The molecule has 0 saturated heterocycles. The summed E-state index contributed by atoms with van der Waals surface area (Å²) in [6, 6.07) is 9.49. The Bertz CT molecular complexity index is 367. The first-order valence-electron chi connectivity index (χ1n) is 6.20. The second kappa shape index (κ2) is 7.13. The third-order valence-corrected chi connectivity index (χ3v) is 2.84. The maximum Gasteiger partial charge on any atom is 0.333 e. The molecule has 100 valence electrons. The van der Waals surface area contributed by atoms with Gasteiger partial charge in [-0.15, -0.1) is 0 Å². The Hall–Kier alpha value is -1.39. The number of likely N-dealkylation sites (N-methyl/N-ethyl adjacent to an activating group) is 1. The van der Waals surface area contributed by atoms with Crippen LogP contribution in [0.25, 0.3) is 0 Å². The van der Waals surface area contributed by atoms with E-state index in [1.165, 1.54) is 0 Å². The van der Waals surface area contributed by atoms with Crippen molar-refractivity contribution < 1.29 is 14.3 Å². The highest BCUT2D eigenvalue weighted by Gasteiger charge is 2.40. The van der Waals surface area contributed by atoms with E-state index in [9.17, 15) is 4.79 Å². The number of ether oxygens (including phenoxy) is 2. The van der Waals surface area contributed by atoms with Gasteiger partial charge in [0.2, 0.25) is 0 Å². The molecule has 0 aliphatic rings. The average Bonchev–Trinajstić information content (AvgIpc) is 2.42. The highest BCUT2D eigenvalue weighted by atomic mass is 16.5. The number of esters is 1. The van der Waals surface area contributed by atoms with Crippen LogP contribution in [-0.4, -0.2) is 32.8 Å². The molecule has 1 rings (SSSR count). The molecule has 0 bridgehead atoms. The molecular formula is C14H21NO3. The molecule has 1 N–H and O–H groups in total. The van der Waals surface area contributed by atoms with E-state index >= 15 is 0 Å². The molecule has 0 radical (unpaired) electrons. The minimum absolute atomic E-state index is 0.253. The summed E-state index contributed by atoms with van der Waals surface area (Å²) in [5, 5.41) is 3.05. The van der Waals surface area contributed by atoms with Crippen LogP contribution in [0.3, 0.4) is 0 Å². The fraction of sp³-hybridized carbons (Fsp3) is 0.500. The fourth-order valence-electron chi connectivity index (χ4n) is 1.81. The largest absolute Gasteiger partial charge is 0.464 e. The van der Waals surface area contributed by atoms with Crippen molar-refractivity contribution in [2.75, 3.05) is 26.9 Å². The van der Waals surface area contributed by atoms with Gasteiger partial charge in [0.25, 0.3) is 0 Å². The van der Waals surface area contributed by atoms with Gasteiger partial charge in [0, 0.05) is 6.61 Å². The number of hydrogen-bond donors (Lipinski definition) is 1. The zero-order chi connectivity index (χ0) is 13.4. The standard InChI is InChI=1S/C14H21NO3/c1-4-17-11-14(15-3,13(16)18-5-2)12-9-7-6-8-10-12/h6-10,15H,4-5,11H2,1-3H3. The van der Waals surface area contributed by atoms with Crippen LogP contribution in [0.5, 0.6) is 0 Å². The second-order valence-electron chi connectivity index (χ2n) is 3.88. The van der Waals surface area contributed by atoms with Crippen LogP contribution in [0.4, 0.5) is 0 Å². The molecule has 0 aliphatic heterocycles. The zero-order valence-electron chi connectivity index (χ0n) is 11.2. The minimum Gasteiger partial charge on any atom is -0.464 e. The minimum atomic E-state index is -0.937. The molecule has 18 heavy (non-hydrogen) atoms. The van der Waals surface area contributed by atoms with Gasteiger partial charge >= 0.3 is 5.97 Å². The topological polar surface area (TPSA) is 47.6 Å². The van der Waals surface area contributed by atoms with Gasteiger partial charge in [-0.25, -0.2) is 4.79 Å². The van der Waals surface area contributed by atoms with Crippen LogP contribution < -0.4 is 5.32 Å². The summed E-state index contributed by atoms with van der Waals surface area (Å²) in [5.74, 6) is -0.313. The monoisotopic (exact) mass is 251 g/mol. The molecule has 4 heteroatoms. The smallest absolute Gasteiger partial charge is 0.333 e. The molecule has 0 aromatic heterocycles. The van der Waals surface area contributed by atoms with Crippen molar-refractivity contribution in [2.24, 2.45) is 0 Å². The summed E-state index contributed by atoms with van der Waals surface area (Å²) in [4.78, 5) is 12.2. The van der Waals surface area contributed by atoms with Gasteiger partial charge < -0.3 is 9.47 Å². The lowest BCUT2D eigenvalue weighted by atomic mass is 9.91. The molecule has 0 amide bonds. The van der Waals surface area contributed by atoms with Crippen LogP contribution in [-0.2, 0) is 19.8 Å². The SMILES string of the molecule is CCOCC(NC)(C(=O)OCC)c1ccccc1. The summed E-state index contributed by atoms with van der Waals surface area (Å²) in [6.45, 7) is 4.85. The first-order valence-corrected chi connectivity index (χ1v) is 6.20. The van der Waals surface area contributed by atoms with Gasteiger partial charge in [-0.3, -0.25) is 5.32 Å². The maximum atomic E-state index is 12.2. The van der Waals surface area contributed by atoms with Gasteiger partial charge in [-0.05, 0) is 26.5 Å². The Morgan fingerprint density at radius 2 is 1.89 bits per heavy atom. The molecule has 0 saturated carbocycles. The number of hydrogen-bond acceptors (Lipinski definition) is 4. The van der Waals surface area contributed by atoms with E-state index in [0.717, 1.165) is 5.56 Å².